The molecule has 0 aliphatic carbocycles. The molecule has 25 heavy (non-hydrogen) atoms. The Morgan fingerprint density at radius 3 is 2.84 bits per heavy atom. The van der Waals surface area contributed by atoms with Gasteiger partial charge in [-0.1, -0.05) is 6.07 Å². The van der Waals surface area contributed by atoms with Crippen molar-refractivity contribution in [2.75, 3.05) is 11.9 Å². The number of hydrogen-bond donors (Lipinski definition) is 1. The van der Waals surface area contributed by atoms with Gasteiger partial charge in [-0.2, -0.15) is 0 Å². The van der Waals surface area contributed by atoms with Gasteiger partial charge in [0.1, 0.15) is 5.69 Å². The molecule has 1 aromatic carbocycles. The van der Waals surface area contributed by atoms with Gasteiger partial charge in [0, 0.05) is 35.1 Å². The van der Waals surface area contributed by atoms with E-state index in [-0.39, 0.29) is 12.4 Å². The minimum Gasteiger partial charge on any atom is -0.460 e. The lowest BCUT2D eigenvalue weighted by Crippen LogP contribution is -2.06. The van der Waals surface area contributed by atoms with Gasteiger partial charge in [-0.05, 0) is 36.6 Å². The van der Waals surface area contributed by atoms with E-state index in [1.807, 2.05) is 30.5 Å². The van der Waals surface area contributed by atoms with Crippen LogP contribution in [0, 0.1) is 0 Å². The Bertz CT molecular complexity index is 1070. The van der Waals surface area contributed by atoms with E-state index < -0.39 is 5.97 Å². The minimum atomic E-state index is -0.508. The van der Waals surface area contributed by atoms with Gasteiger partial charge >= 0.3 is 5.97 Å². The molecular weight excluding hydrogens is 318 g/mol. The molecule has 4 rings (SSSR count). The first-order chi connectivity index (χ1) is 12.3. The highest BCUT2D eigenvalue weighted by molar-refractivity contribution is 6.05. The zero-order chi connectivity index (χ0) is 17.2. The Morgan fingerprint density at radius 1 is 1.12 bits per heavy atom. The van der Waals surface area contributed by atoms with Crippen LogP contribution in [0.5, 0.6) is 0 Å². The number of benzene rings is 1. The van der Waals surface area contributed by atoms with Gasteiger partial charge in [0.25, 0.3) is 0 Å². The number of ether oxygens (including phenoxy) is 1. The van der Waals surface area contributed by atoms with Crippen LogP contribution in [0.3, 0.4) is 0 Å². The largest absolute Gasteiger partial charge is 0.460 e. The van der Waals surface area contributed by atoms with E-state index >= 15 is 0 Å². The van der Waals surface area contributed by atoms with E-state index in [1.165, 1.54) is 0 Å². The number of hydrogen-bond acceptors (Lipinski definition) is 6. The molecule has 0 aliphatic heterocycles. The number of furan rings is 1. The number of esters is 1. The Hall–Kier alpha value is -3.41. The molecule has 0 saturated carbocycles. The zero-order valence-electron chi connectivity index (χ0n) is 13.5. The zero-order valence-corrected chi connectivity index (χ0v) is 13.5. The number of nitrogens with one attached hydrogen (secondary N) is 1. The van der Waals surface area contributed by atoms with E-state index in [0.717, 1.165) is 21.8 Å². The molecule has 0 saturated heterocycles. The maximum atomic E-state index is 12.3. The first kappa shape index (κ1) is 15.1. The molecule has 6 nitrogen and oxygen atoms in total. The van der Waals surface area contributed by atoms with Gasteiger partial charge in [-0.15, -0.1) is 0 Å². The Labute approximate surface area is 143 Å². The second kappa shape index (κ2) is 6.24. The molecule has 0 unspecified atom stereocenters. The average Bonchev–Trinajstić information content (AvgIpc) is 3.01. The monoisotopic (exact) mass is 333 g/mol. The number of anilines is 2. The standard InChI is InChI=1S/C19H15N3O3/c1-2-24-19(23)18-17(15-6-8-21-11-16(15)25-18)22-14-4-3-13-10-20-7-5-12(13)9-14/h3-11,22H,2H2,1H3. The Morgan fingerprint density at radius 2 is 1.96 bits per heavy atom. The summed E-state index contributed by atoms with van der Waals surface area (Å²) in [6.07, 6.45) is 6.79. The Balaban J connectivity index is 1.81. The van der Waals surface area contributed by atoms with Gasteiger partial charge in [0.15, 0.2) is 5.58 Å². The van der Waals surface area contributed by atoms with Crippen molar-refractivity contribution >= 4 is 39.1 Å². The van der Waals surface area contributed by atoms with Crippen LogP contribution >= 0.6 is 0 Å². The van der Waals surface area contributed by atoms with E-state index in [4.69, 9.17) is 9.15 Å². The smallest absolute Gasteiger partial charge is 0.376 e. The van der Waals surface area contributed by atoms with Crippen molar-refractivity contribution in [1.82, 2.24) is 9.97 Å². The fraction of sp³-hybridized carbons (Fsp3) is 0.105. The van der Waals surface area contributed by atoms with Crippen molar-refractivity contribution in [2.24, 2.45) is 0 Å². The van der Waals surface area contributed by atoms with Crippen molar-refractivity contribution in [3.63, 3.8) is 0 Å². The maximum absolute atomic E-state index is 12.3. The number of nitrogens with zero attached hydrogens (tertiary/aromatic N) is 2. The molecule has 0 atom stereocenters. The molecule has 3 aromatic heterocycles. The molecule has 0 fully saturated rings. The van der Waals surface area contributed by atoms with Crippen LogP contribution in [-0.4, -0.2) is 22.5 Å². The summed E-state index contributed by atoms with van der Waals surface area (Å²) in [4.78, 5) is 20.4. The Kier molecular flexibility index (Phi) is 3.78. The van der Waals surface area contributed by atoms with Gasteiger partial charge in [-0.25, -0.2) is 4.79 Å². The van der Waals surface area contributed by atoms with Crippen LogP contribution in [-0.2, 0) is 4.74 Å². The number of carbonyl (C=O) groups is 1. The lowest BCUT2D eigenvalue weighted by molar-refractivity contribution is 0.0494. The third kappa shape index (κ3) is 2.78. The van der Waals surface area contributed by atoms with Crippen LogP contribution in [0.1, 0.15) is 17.5 Å². The second-order valence-electron chi connectivity index (χ2n) is 5.46. The summed E-state index contributed by atoms with van der Waals surface area (Å²) in [5, 5.41) is 6.15. The van der Waals surface area contributed by atoms with Crippen LogP contribution in [0.2, 0.25) is 0 Å². The predicted octanol–water partition coefficient (Wildman–Crippen LogP) is 4.30. The van der Waals surface area contributed by atoms with Crippen molar-refractivity contribution in [2.45, 2.75) is 6.92 Å². The number of carbonyl (C=O) groups excluding carboxylic acids is 1. The molecule has 0 radical (unpaired) electrons. The highest BCUT2D eigenvalue weighted by Gasteiger charge is 2.22. The van der Waals surface area contributed by atoms with Gasteiger partial charge in [-0.3, -0.25) is 9.97 Å². The molecule has 0 bridgehead atoms. The number of rotatable bonds is 4. The highest BCUT2D eigenvalue weighted by Crippen LogP contribution is 2.34. The van der Waals surface area contributed by atoms with Crippen molar-refractivity contribution in [3.8, 4) is 0 Å². The third-order valence-corrected chi connectivity index (χ3v) is 3.86. The summed E-state index contributed by atoms with van der Waals surface area (Å²) in [6.45, 7) is 2.03. The van der Waals surface area contributed by atoms with Gasteiger partial charge in [0.05, 0.1) is 12.8 Å². The van der Waals surface area contributed by atoms with E-state index in [9.17, 15) is 4.79 Å². The average molecular weight is 333 g/mol. The van der Waals surface area contributed by atoms with Gasteiger partial charge in [0.2, 0.25) is 5.76 Å². The quantitative estimate of drug-likeness (QED) is 0.561. The summed E-state index contributed by atoms with van der Waals surface area (Å²) in [6, 6.07) is 9.63. The molecule has 0 amide bonds. The predicted molar refractivity (Wildman–Crippen MR) is 95.0 cm³/mol. The summed E-state index contributed by atoms with van der Waals surface area (Å²) in [5.74, 6) is -0.370. The fourth-order valence-electron chi connectivity index (χ4n) is 2.72. The second-order valence-corrected chi connectivity index (χ2v) is 5.46. The van der Waals surface area contributed by atoms with E-state index in [2.05, 4.69) is 15.3 Å². The molecule has 0 aliphatic rings. The summed E-state index contributed by atoms with van der Waals surface area (Å²) in [7, 11) is 0. The molecule has 6 heteroatoms. The molecular formula is C19H15N3O3. The van der Waals surface area contributed by atoms with Crippen LogP contribution < -0.4 is 5.32 Å². The normalized spacial score (nSPS) is 10.9. The lowest BCUT2D eigenvalue weighted by atomic mass is 10.1. The summed E-state index contributed by atoms with van der Waals surface area (Å²) < 4.78 is 10.8. The summed E-state index contributed by atoms with van der Waals surface area (Å²) >= 11 is 0. The SMILES string of the molecule is CCOC(=O)c1oc2cnccc2c1Nc1ccc2cnccc2c1. The minimum absolute atomic E-state index is 0.139. The molecule has 3 heterocycles. The fourth-order valence-corrected chi connectivity index (χ4v) is 2.72. The lowest BCUT2D eigenvalue weighted by Gasteiger charge is -2.08. The molecule has 4 aromatic rings. The maximum Gasteiger partial charge on any atom is 0.376 e. The molecule has 1 N–H and O–H groups in total. The van der Waals surface area contributed by atoms with Crippen LogP contribution in [0.25, 0.3) is 21.7 Å². The first-order valence-electron chi connectivity index (χ1n) is 7.90. The first-order valence-corrected chi connectivity index (χ1v) is 7.90. The number of fused-ring (bicyclic) bond motifs is 2. The summed E-state index contributed by atoms with van der Waals surface area (Å²) in [5.41, 5.74) is 1.94. The van der Waals surface area contributed by atoms with E-state index in [1.54, 1.807) is 31.6 Å². The third-order valence-electron chi connectivity index (χ3n) is 3.86. The van der Waals surface area contributed by atoms with Crippen LogP contribution in [0.15, 0.2) is 59.5 Å². The molecule has 0 spiro atoms. The highest BCUT2D eigenvalue weighted by atomic mass is 16.5. The topological polar surface area (TPSA) is 77.2 Å². The van der Waals surface area contributed by atoms with Crippen molar-refractivity contribution in [1.29, 1.82) is 0 Å². The number of pyridine rings is 2. The van der Waals surface area contributed by atoms with Crippen molar-refractivity contribution in [3.05, 3.63) is 60.9 Å². The van der Waals surface area contributed by atoms with Crippen LogP contribution in [0.4, 0.5) is 11.4 Å². The molecule has 124 valence electrons. The van der Waals surface area contributed by atoms with E-state index in [0.29, 0.717) is 11.3 Å². The van der Waals surface area contributed by atoms with Gasteiger partial charge < -0.3 is 14.5 Å². The van der Waals surface area contributed by atoms with Crippen molar-refractivity contribution < 1.29 is 13.9 Å². The number of aromatic nitrogens is 2.